The molecular weight excluding hydrogens is 200 g/mol. The Morgan fingerprint density at radius 1 is 1.44 bits per heavy atom. The minimum Gasteiger partial charge on any atom is -0.345 e. The Hall–Kier alpha value is -1.79. The van der Waals surface area contributed by atoms with Gasteiger partial charge < -0.3 is 11.1 Å². The topological polar surface area (TPSA) is 55.1 Å². The van der Waals surface area contributed by atoms with Gasteiger partial charge in [-0.25, -0.2) is 0 Å². The molecule has 0 aliphatic carbocycles. The van der Waals surface area contributed by atoms with E-state index < -0.39 is 0 Å². The maximum atomic E-state index is 11.3. The van der Waals surface area contributed by atoms with Crippen LogP contribution < -0.4 is 11.1 Å². The van der Waals surface area contributed by atoms with Gasteiger partial charge in [0, 0.05) is 18.0 Å². The molecular formula is C13H16N2O. The molecule has 0 saturated heterocycles. The van der Waals surface area contributed by atoms with Gasteiger partial charge in [0.2, 0.25) is 0 Å². The van der Waals surface area contributed by atoms with Gasteiger partial charge in [0.15, 0.2) is 0 Å². The molecule has 16 heavy (non-hydrogen) atoms. The first-order valence-corrected chi connectivity index (χ1v) is 5.27. The molecule has 84 valence electrons. The molecule has 0 aliphatic rings. The fourth-order valence-corrected chi connectivity index (χ4v) is 1.04. The molecule has 0 aliphatic heterocycles. The summed E-state index contributed by atoms with van der Waals surface area (Å²) in [5.74, 6) is 5.35. The molecule has 0 radical (unpaired) electrons. The molecule has 0 fully saturated rings. The molecule has 1 aromatic rings. The minimum atomic E-state index is -0.260. The standard InChI is InChI=1S/C13H16N2O/c1-11(9-14)10-15-13(16)8-7-12-5-3-2-4-6-12/h2-6,11H,9-10,14H2,1H3,(H,15,16). The van der Waals surface area contributed by atoms with E-state index in [9.17, 15) is 4.79 Å². The van der Waals surface area contributed by atoms with Crippen molar-refractivity contribution in [3.63, 3.8) is 0 Å². The second-order valence-electron chi connectivity index (χ2n) is 3.67. The summed E-state index contributed by atoms with van der Waals surface area (Å²) in [6.45, 7) is 3.11. The Labute approximate surface area is 96.0 Å². The van der Waals surface area contributed by atoms with Crippen LogP contribution in [0.15, 0.2) is 30.3 Å². The average Bonchev–Trinajstić information content (AvgIpc) is 2.34. The van der Waals surface area contributed by atoms with Crippen LogP contribution in [0.1, 0.15) is 12.5 Å². The van der Waals surface area contributed by atoms with Gasteiger partial charge in [-0.05, 0) is 24.6 Å². The molecule has 1 amide bonds. The van der Waals surface area contributed by atoms with Crippen molar-refractivity contribution in [2.24, 2.45) is 11.7 Å². The SMILES string of the molecule is CC(CN)CNC(=O)C#Cc1ccccc1. The summed E-state index contributed by atoms with van der Waals surface area (Å²) in [4.78, 5) is 11.3. The predicted molar refractivity (Wildman–Crippen MR) is 64.5 cm³/mol. The zero-order valence-electron chi connectivity index (χ0n) is 9.36. The van der Waals surface area contributed by atoms with Crippen LogP contribution in [-0.4, -0.2) is 19.0 Å². The highest BCUT2D eigenvalue weighted by Gasteiger charge is 2.00. The first kappa shape index (κ1) is 12.3. The first-order chi connectivity index (χ1) is 7.72. The summed E-state index contributed by atoms with van der Waals surface area (Å²) in [6.07, 6.45) is 0. The number of hydrogen-bond acceptors (Lipinski definition) is 2. The molecule has 0 aromatic heterocycles. The maximum Gasteiger partial charge on any atom is 0.296 e. The molecule has 0 spiro atoms. The van der Waals surface area contributed by atoms with Crippen LogP contribution >= 0.6 is 0 Å². The molecule has 3 N–H and O–H groups in total. The van der Waals surface area contributed by atoms with Gasteiger partial charge >= 0.3 is 0 Å². The molecule has 1 aromatic carbocycles. The lowest BCUT2D eigenvalue weighted by Crippen LogP contribution is -2.30. The van der Waals surface area contributed by atoms with E-state index in [1.807, 2.05) is 37.3 Å². The van der Waals surface area contributed by atoms with Gasteiger partial charge in [0.05, 0.1) is 0 Å². The zero-order valence-corrected chi connectivity index (χ0v) is 9.36. The van der Waals surface area contributed by atoms with Crippen LogP contribution in [0.2, 0.25) is 0 Å². The van der Waals surface area contributed by atoms with E-state index in [2.05, 4.69) is 17.2 Å². The van der Waals surface area contributed by atoms with E-state index in [-0.39, 0.29) is 11.8 Å². The smallest absolute Gasteiger partial charge is 0.296 e. The van der Waals surface area contributed by atoms with Crippen molar-refractivity contribution in [3.8, 4) is 11.8 Å². The van der Waals surface area contributed by atoms with E-state index >= 15 is 0 Å². The number of nitrogens with two attached hydrogens (primary N) is 1. The Morgan fingerprint density at radius 2 is 2.12 bits per heavy atom. The lowest BCUT2D eigenvalue weighted by Gasteiger charge is -2.06. The zero-order chi connectivity index (χ0) is 11.8. The van der Waals surface area contributed by atoms with E-state index in [1.165, 1.54) is 0 Å². The third-order valence-corrected chi connectivity index (χ3v) is 2.11. The van der Waals surface area contributed by atoms with Gasteiger partial charge in [-0.3, -0.25) is 4.79 Å². The molecule has 1 atom stereocenters. The van der Waals surface area contributed by atoms with E-state index in [0.29, 0.717) is 13.1 Å². The Balaban J connectivity index is 2.43. The number of carbonyl (C=O) groups excluding carboxylic acids is 1. The van der Waals surface area contributed by atoms with E-state index in [1.54, 1.807) is 0 Å². The van der Waals surface area contributed by atoms with Crippen molar-refractivity contribution in [3.05, 3.63) is 35.9 Å². The van der Waals surface area contributed by atoms with Crippen molar-refractivity contribution >= 4 is 5.91 Å². The molecule has 3 heteroatoms. The van der Waals surface area contributed by atoms with Crippen LogP contribution in [0, 0.1) is 17.8 Å². The first-order valence-electron chi connectivity index (χ1n) is 5.27. The lowest BCUT2D eigenvalue weighted by molar-refractivity contribution is -0.115. The highest BCUT2D eigenvalue weighted by atomic mass is 16.1. The third kappa shape index (κ3) is 4.63. The number of carbonyl (C=O) groups is 1. The number of amides is 1. The summed E-state index contributed by atoms with van der Waals surface area (Å²) < 4.78 is 0. The summed E-state index contributed by atoms with van der Waals surface area (Å²) in [5.41, 5.74) is 6.27. The molecule has 0 heterocycles. The molecule has 3 nitrogen and oxygen atoms in total. The highest BCUT2D eigenvalue weighted by Crippen LogP contribution is 1.94. The molecule has 0 saturated carbocycles. The van der Waals surface area contributed by atoms with Gasteiger partial charge in [-0.1, -0.05) is 31.0 Å². The van der Waals surface area contributed by atoms with E-state index in [0.717, 1.165) is 5.56 Å². The third-order valence-electron chi connectivity index (χ3n) is 2.11. The average molecular weight is 216 g/mol. The van der Waals surface area contributed by atoms with Crippen molar-refractivity contribution in [2.45, 2.75) is 6.92 Å². The normalized spacial score (nSPS) is 11.1. The number of benzene rings is 1. The Kier molecular flexibility index (Phi) is 5.10. The summed E-state index contributed by atoms with van der Waals surface area (Å²) in [5, 5.41) is 2.71. The summed E-state index contributed by atoms with van der Waals surface area (Å²) in [6, 6.07) is 9.41. The molecule has 1 unspecified atom stereocenters. The molecule has 0 bridgehead atoms. The van der Waals surface area contributed by atoms with Crippen molar-refractivity contribution in [2.75, 3.05) is 13.1 Å². The summed E-state index contributed by atoms with van der Waals surface area (Å²) in [7, 11) is 0. The largest absolute Gasteiger partial charge is 0.345 e. The van der Waals surface area contributed by atoms with Crippen LogP contribution in [-0.2, 0) is 4.79 Å². The quantitative estimate of drug-likeness (QED) is 0.732. The Morgan fingerprint density at radius 3 is 2.75 bits per heavy atom. The maximum absolute atomic E-state index is 11.3. The van der Waals surface area contributed by atoms with Crippen LogP contribution in [0.25, 0.3) is 0 Å². The number of nitrogens with one attached hydrogen (secondary N) is 1. The van der Waals surface area contributed by atoms with Crippen LogP contribution in [0.5, 0.6) is 0 Å². The highest BCUT2D eigenvalue weighted by molar-refractivity contribution is 5.94. The fraction of sp³-hybridized carbons (Fsp3) is 0.308. The van der Waals surface area contributed by atoms with Gasteiger partial charge in [0.1, 0.15) is 0 Å². The van der Waals surface area contributed by atoms with E-state index in [4.69, 9.17) is 5.73 Å². The van der Waals surface area contributed by atoms with Gasteiger partial charge in [-0.15, -0.1) is 0 Å². The lowest BCUT2D eigenvalue weighted by atomic mass is 10.2. The molecule has 1 rings (SSSR count). The van der Waals surface area contributed by atoms with Crippen molar-refractivity contribution < 1.29 is 4.79 Å². The number of rotatable bonds is 3. The number of hydrogen-bond donors (Lipinski definition) is 2. The predicted octanol–water partition coefficient (Wildman–Crippen LogP) is 0.749. The van der Waals surface area contributed by atoms with Crippen LogP contribution in [0.4, 0.5) is 0 Å². The van der Waals surface area contributed by atoms with Gasteiger partial charge in [-0.2, -0.15) is 0 Å². The van der Waals surface area contributed by atoms with Crippen molar-refractivity contribution in [1.29, 1.82) is 0 Å². The fourth-order valence-electron chi connectivity index (χ4n) is 1.04. The minimum absolute atomic E-state index is 0.260. The summed E-state index contributed by atoms with van der Waals surface area (Å²) >= 11 is 0. The van der Waals surface area contributed by atoms with Gasteiger partial charge in [0.25, 0.3) is 5.91 Å². The second-order valence-corrected chi connectivity index (χ2v) is 3.67. The monoisotopic (exact) mass is 216 g/mol. The van der Waals surface area contributed by atoms with Crippen molar-refractivity contribution in [1.82, 2.24) is 5.32 Å². The van der Waals surface area contributed by atoms with Crippen LogP contribution in [0.3, 0.4) is 0 Å². The Bertz CT molecular complexity index is 389. The second kappa shape index (κ2) is 6.65.